The minimum Gasteiger partial charge on any atom is -0.459 e. The second-order valence-electron chi connectivity index (χ2n) is 7.15. The molecule has 1 heterocycles. The molecule has 0 saturated heterocycles. The van der Waals surface area contributed by atoms with Crippen molar-refractivity contribution in [3.8, 4) is 11.3 Å². The van der Waals surface area contributed by atoms with E-state index in [-0.39, 0.29) is 5.91 Å². The monoisotopic (exact) mass is 358 g/mol. The summed E-state index contributed by atoms with van der Waals surface area (Å²) in [5, 5.41) is 3.69. The highest BCUT2D eigenvalue weighted by atomic mass is 35.5. The van der Waals surface area contributed by atoms with E-state index in [2.05, 4.69) is 10.2 Å². The SMILES string of the molecule is O=C(CN(CC1CC1)C1CC1)NCc1ccc(-c2ccc(Cl)cc2)o1. The highest BCUT2D eigenvalue weighted by Gasteiger charge is 2.34. The molecule has 2 saturated carbocycles. The predicted octanol–water partition coefficient (Wildman–Crippen LogP) is 4.09. The van der Waals surface area contributed by atoms with Crippen molar-refractivity contribution in [3.05, 3.63) is 47.2 Å². The Morgan fingerprint density at radius 1 is 1.12 bits per heavy atom. The molecule has 25 heavy (non-hydrogen) atoms. The first kappa shape index (κ1) is 16.7. The molecule has 1 amide bonds. The van der Waals surface area contributed by atoms with Crippen LogP contribution in [0.25, 0.3) is 11.3 Å². The molecule has 2 aromatic rings. The minimum atomic E-state index is 0.0805. The fraction of sp³-hybridized carbons (Fsp3) is 0.450. The van der Waals surface area contributed by atoms with Crippen molar-refractivity contribution >= 4 is 17.5 Å². The second kappa shape index (κ2) is 7.22. The highest BCUT2D eigenvalue weighted by Crippen LogP contribution is 2.34. The molecule has 4 nitrogen and oxygen atoms in total. The van der Waals surface area contributed by atoms with E-state index >= 15 is 0 Å². The molecule has 2 fully saturated rings. The van der Waals surface area contributed by atoms with Gasteiger partial charge in [0.05, 0.1) is 13.1 Å². The molecule has 2 aliphatic carbocycles. The van der Waals surface area contributed by atoms with E-state index in [1.807, 2.05) is 36.4 Å². The molecule has 1 N–H and O–H groups in total. The molecule has 0 unspecified atom stereocenters. The topological polar surface area (TPSA) is 45.5 Å². The molecule has 1 aromatic heterocycles. The molecular formula is C20H23ClN2O2. The average Bonchev–Trinajstić information content (AvgIpc) is 3.52. The molecule has 0 spiro atoms. The molecule has 0 aliphatic heterocycles. The van der Waals surface area contributed by atoms with E-state index in [0.29, 0.717) is 24.2 Å². The summed E-state index contributed by atoms with van der Waals surface area (Å²) in [5.41, 5.74) is 0.978. The van der Waals surface area contributed by atoms with Crippen molar-refractivity contribution in [1.82, 2.24) is 10.2 Å². The molecule has 2 aliphatic rings. The largest absolute Gasteiger partial charge is 0.459 e. The number of nitrogens with one attached hydrogen (secondary N) is 1. The van der Waals surface area contributed by atoms with E-state index in [4.69, 9.17) is 16.0 Å². The number of carbonyl (C=O) groups is 1. The van der Waals surface area contributed by atoms with E-state index in [9.17, 15) is 4.79 Å². The zero-order valence-electron chi connectivity index (χ0n) is 14.2. The van der Waals surface area contributed by atoms with Crippen LogP contribution in [0.15, 0.2) is 40.8 Å². The quantitative estimate of drug-likeness (QED) is 0.773. The van der Waals surface area contributed by atoms with Crippen molar-refractivity contribution in [1.29, 1.82) is 0 Å². The van der Waals surface area contributed by atoms with Crippen molar-refractivity contribution < 1.29 is 9.21 Å². The number of halogens is 1. The standard InChI is InChI=1S/C20H23ClN2O2/c21-16-5-3-15(4-6-16)19-10-9-18(25-19)11-22-20(24)13-23(17-7-8-17)12-14-1-2-14/h3-6,9-10,14,17H,1-2,7-8,11-13H2,(H,22,24). The number of hydrogen-bond acceptors (Lipinski definition) is 3. The van der Waals surface area contributed by atoms with Crippen LogP contribution in [-0.2, 0) is 11.3 Å². The fourth-order valence-electron chi connectivity index (χ4n) is 3.08. The molecule has 132 valence electrons. The van der Waals surface area contributed by atoms with Gasteiger partial charge in [0, 0.05) is 23.2 Å². The van der Waals surface area contributed by atoms with Crippen molar-refractivity contribution in [2.45, 2.75) is 38.3 Å². The van der Waals surface area contributed by atoms with E-state index in [0.717, 1.165) is 29.5 Å². The molecule has 4 rings (SSSR count). The van der Waals surface area contributed by atoms with Gasteiger partial charge in [0.25, 0.3) is 0 Å². The first-order valence-electron chi connectivity index (χ1n) is 9.03. The van der Waals surface area contributed by atoms with Gasteiger partial charge in [-0.25, -0.2) is 0 Å². The van der Waals surface area contributed by atoms with Crippen molar-refractivity contribution in [2.24, 2.45) is 5.92 Å². The summed E-state index contributed by atoms with van der Waals surface area (Å²) in [4.78, 5) is 14.6. The van der Waals surface area contributed by atoms with Gasteiger partial charge in [-0.1, -0.05) is 11.6 Å². The van der Waals surface area contributed by atoms with Gasteiger partial charge in [0.15, 0.2) is 0 Å². The summed E-state index contributed by atoms with van der Waals surface area (Å²) >= 11 is 5.91. The number of furan rings is 1. The molecule has 0 radical (unpaired) electrons. The third kappa shape index (κ3) is 4.65. The normalized spacial score (nSPS) is 17.0. The van der Waals surface area contributed by atoms with Crippen LogP contribution < -0.4 is 5.32 Å². The number of benzene rings is 1. The number of carbonyl (C=O) groups excluding carboxylic acids is 1. The van der Waals surface area contributed by atoms with Crippen LogP contribution in [-0.4, -0.2) is 29.9 Å². The Balaban J connectivity index is 1.29. The Morgan fingerprint density at radius 2 is 1.88 bits per heavy atom. The third-order valence-corrected chi connectivity index (χ3v) is 5.10. The Labute approximate surface area is 153 Å². The lowest BCUT2D eigenvalue weighted by Gasteiger charge is -2.20. The van der Waals surface area contributed by atoms with Gasteiger partial charge in [-0.15, -0.1) is 0 Å². The number of amides is 1. The molecule has 5 heteroatoms. The van der Waals surface area contributed by atoms with Crippen LogP contribution in [0.2, 0.25) is 5.02 Å². The van der Waals surface area contributed by atoms with E-state index < -0.39 is 0 Å². The van der Waals surface area contributed by atoms with Crippen LogP contribution >= 0.6 is 11.6 Å². The summed E-state index contributed by atoms with van der Waals surface area (Å²) in [6.45, 7) is 2.01. The molecular weight excluding hydrogens is 336 g/mol. The Kier molecular flexibility index (Phi) is 4.82. The van der Waals surface area contributed by atoms with Crippen LogP contribution in [0, 0.1) is 5.92 Å². The van der Waals surface area contributed by atoms with Gasteiger partial charge in [-0.3, -0.25) is 9.69 Å². The van der Waals surface area contributed by atoms with Crippen molar-refractivity contribution in [2.75, 3.05) is 13.1 Å². The summed E-state index contributed by atoms with van der Waals surface area (Å²) < 4.78 is 5.83. The van der Waals surface area contributed by atoms with Crippen LogP contribution in [0.4, 0.5) is 0 Å². The maximum Gasteiger partial charge on any atom is 0.234 e. The van der Waals surface area contributed by atoms with E-state index in [1.54, 1.807) is 0 Å². The smallest absolute Gasteiger partial charge is 0.234 e. The van der Waals surface area contributed by atoms with E-state index in [1.165, 1.54) is 25.7 Å². The Morgan fingerprint density at radius 3 is 2.56 bits per heavy atom. The lowest BCUT2D eigenvalue weighted by molar-refractivity contribution is -0.122. The second-order valence-corrected chi connectivity index (χ2v) is 7.59. The van der Waals surface area contributed by atoms with Gasteiger partial charge < -0.3 is 9.73 Å². The lowest BCUT2D eigenvalue weighted by atomic mass is 10.2. The van der Waals surface area contributed by atoms with Gasteiger partial charge in [-0.05, 0) is 68.0 Å². The van der Waals surface area contributed by atoms with Gasteiger partial charge in [0.2, 0.25) is 5.91 Å². The van der Waals surface area contributed by atoms with Gasteiger partial charge in [-0.2, -0.15) is 0 Å². The number of rotatable bonds is 8. The van der Waals surface area contributed by atoms with Gasteiger partial charge in [0.1, 0.15) is 11.5 Å². The van der Waals surface area contributed by atoms with Crippen LogP contribution in [0.1, 0.15) is 31.4 Å². The summed E-state index contributed by atoms with van der Waals surface area (Å²) in [6.07, 6.45) is 5.13. The summed E-state index contributed by atoms with van der Waals surface area (Å²) in [5.74, 6) is 2.45. The summed E-state index contributed by atoms with van der Waals surface area (Å²) in [7, 11) is 0. The zero-order valence-corrected chi connectivity index (χ0v) is 15.0. The van der Waals surface area contributed by atoms with Crippen LogP contribution in [0.5, 0.6) is 0 Å². The maximum atomic E-state index is 12.3. The predicted molar refractivity (Wildman–Crippen MR) is 98.3 cm³/mol. The van der Waals surface area contributed by atoms with Crippen molar-refractivity contribution in [3.63, 3.8) is 0 Å². The molecule has 0 bridgehead atoms. The number of nitrogens with zero attached hydrogens (tertiary/aromatic N) is 1. The highest BCUT2D eigenvalue weighted by molar-refractivity contribution is 6.30. The minimum absolute atomic E-state index is 0.0805. The average molecular weight is 359 g/mol. The Hall–Kier alpha value is -1.78. The zero-order chi connectivity index (χ0) is 17.2. The molecule has 0 atom stereocenters. The number of hydrogen-bond donors (Lipinski definition) is 1. The molecule has 1 aromatic carbocycles. The summed E-state index contributed by atoms with van der Waals surface area (Å²) in [6, 6.07) is 12.0. The maximum absolute atomic E-state index is 12.3. The first-order valence-corrected chi connectivity index (χ1v) is 9.40. The fourth-order valence-corrected chi connectivity index (χ4v) is 3.21. The third-order valence-electron chi connectivity index (χ3n) is 4.85. The van der Waals surface area contributed by atoms with Gasteiger partial charge >= 0.3 is 0 Å². The Bertz CT molecular complexity index is 732. The first-order chi connectivity index (χ1) is 12.2. The van der Waals surface area contributed by atoms with Crippen LogP contribution in [0.3, 0.4) is 0 Å². The lowest BCUT2D eigenvalue weighted by Crippen LogP contribution is -2.39.